The molecule has 9 heteroatoms. The summed E-state index contributed by atoms with van der Waals surface area (Å²) in [6.45, 7) is 8.17. The SMILES string of the molecule is COc1ccc(C(C)NC(=O)c2ccc3c(c2)N(C(=O)CN[C@@H](C)C(C)C)CC(=O)N3C2CC2)cn1. The zero-order valence-electron chi connectivity index (χ0n) is 21.6. The molecule has 1 saturated carbocycles. The number of anilines is 2. The third kappa shape index (κ3) is 5.51. The molecule has 0 spiro atoms. The van der Waals surface area contributed by atoms with E-state index in [2.05, 4.69) is 29.5 Å². The van der Waals surface area contributed by atoms with Crippen molar-refractivity contribution in [1.82, 2.24) is 15.6 Å². The van der Waals surface area contributed by atoms with Gasteiger partial charge in [-0.15, -0.1) is 0 Å². The molecule has 0 radical (unpaired) electrons. The van der Waals surface area contributed by atoms with Crippen LogP contribution in [0.2, 0.25) is 0 Å². The Labute approximate surface area is 212 Å². The van der Waals surface area contributed by atoms with Crippen LogP contribution in [0.4, 0.5) is 11.4 Å². The molecule has 3 amide bonds. The maximum atomic E-state index is 13.2. The van der Waals surface area contributed by atoms with Crippen molar-refractivity contribution in [2.45, 2.75) is 58.7 Å². The highest BCUT2D eigenvalue weighted by atomic mass is 16.5. The summed E-state index contributed by atoms with van der Waals surface area (Å²) in [7, 11) is 1.55. The van der Waals surface area contributed by atoms with E-state index < -0.39 is 0 Å². The van der Waals surface area contributed by atoms with Gasteiger partial charge in [-0.25, -0.2) is 4.98 Å². The van der Waals surface area contributed by atoms with E-state index in [9.17, 15) is 14.4 Å². The van der Waals surface area contributed by atoms with Gasteiger partial charge in [0.1, 0.15) is 6.54 Å². The molecule has 1 aliphatic carbocycles. The number of fused-ring (bicyclic) bond motifs is 1. The van der Waals surface area contributed by atoms with Crippen molar-refractivity contribution in [1.29, 1.82) is 0 Å². The molecule has 192 valence electrons. The van der Waals surface area contributed by atoms with Crippen molar-refractivity contribution in [3.8, 4) is 5.88 Å². The first-order valence-corrected chi connectivity index (χ1v) is 12.5. The van der Waals surface area contributed by atoms with E-state index in [0.717, 1.165) is 18.4 Å². The number of hydrogen-bond donors (Lipinski definition) is 2. The fourth-order valence-electron chi connectivity index (χ4n) is 4.18. The average molecular weight is 494 g/mol. The number of rotatable bonds is 9. The van der Waals surface area contributed by atoms with Gasteiger partial charge < -0.3 is 20.3 Å². The van der Waals surface area contributed by atoms with Crippen molar-refractivity contribution in [3.63, 3.8) is 0 Å². The third-order valence-corrected chi connectivity index (χ3v) is 6.95. The summed E-state index contributed by atoms with van der Waals surface area (Å²) in [4.78, 5) is 46.8. The Morgan fingerprint density at radius 2 is 1.86 bits per heavy atom. The molecule has 1 aliphatic heterocycles. The molecule has 36 heavy (non-hydrogen) atoms. The van der Waals surface area contributed by atoms with Gasteiger partial charge in [-0.2, -0.15) is 0 Å². The predicted molar refractivity (Wildman–Crippen MR) is 138 cm³/mol. The van der Waals surface area contributed by atoms with Gasteiger partial charge in [0.2, 0.25) is 17.7 Å². The number of pyridine rings is 1. The zero-order chi connectivity index (χ0) is 26.0. The monoisotopic (exact) mass is 493 g/mol. The van der Waals surface area contributed by atoms with Crippen molar-refractivity contribution in [2.24, 2.45) is 5.92 Å². The number of carbonyl (C=O) groups excluding carboxylic acids is 3. The molecular formula is C27H35N5O4. The summed E-state index contributed by atoms with van der Waals surface area (Å²) in [5, 5.41) is 6.24. The van der Waals surface area contributed by atoms with Gasteiger partial charge in [-0.3, -0.25) is 19.3 Å². The van der Waals surface area contributed by atoms with Crippen LogP contribution in [0.25, 0.3) is 0 Å². The van der Waals surface area contributed by atoms with E-state index in [1.54, 1.807) is 42.5 Å². The average Bonchev–Trinajstić information content (AvgIpc) is 3.71. The van der Waals surface area contributed by atoms with Crippen LogP contribution in [-0.2, 0) is 9.59 Å². The topological polar surface area (TPSA) is 104 Å². The third-order valence-electron chi connectivity index (χ3n) is 6.95. The van der Waals surface area contributed by atoms with E-state index in [1.165, 1.54) is 4.90 Å². The van der Waals surface area contributed by atoms with Crippen LogP contribution in [0.5, 0.6) is 5.88 Å². The Morgan fingerprint density at radius 3 is 2.47 bits per heavy atom. The highest BCUT2D eigenvalue weighted by molar-refractivity contribution is 6.13. The Bertz CT molecular complexity index is 1130. The van der Waals surface area contributed by atoms with E-state index in [1.807, 2.05) is 19.9 Å². The largest absolute Gasteiger partial charge is 0.481 e. The first kappa shape index (κ1) is 25.6. The number of methoxy groups -OCH3 is 1. The molecule has 9 nitrogen and oxygen atoms in total. The molecule has 0 saturated heterocycles. The second-order valence-electron chi connectivity index (χ2n) is 9.92. The van der Waals surface area contributed by atoms with Crippen LogP contribution in [0.1, 0.15) is 62.5 Å². The maximum absolute atomic E-state index is 13.2. The summed E-state index contributed by atoms with van der Waals surface area (Å²) in [6.07, 6.45) is 3.56. The maximum Gasteiger partial charge on any atom is 0.251 e. The Hall–Kier alpha value is -3.46. The lowest BCUT2D eigenvalue weighted by atomic mass is 10.1. The first-order chi connectivity index (χ1) is 17.2. The minimum Gasteiger partial charge on any atom is -0.481 e. The fraction of sp³-hybridized carbons (Fsp3) is 0.481. The summed E-state index contributed by atoms with van der Waals surface area (Å²) in [5.41, 5.74) is 2.54. The van der Waals surface area contributed by atoms with Gasteiger partial charge >= 0.3 is 0 Å². The van der Waals surface area contributed by atoms with Crippen molar-refractivity contribution < 1.29 is 19.1 Å². The van der Waals surface area contributed by atoms with Gasteiger partial charge in [0.15, 0.2) is 0 Å². The molecule has 2 heterocycles. The van der Waals surface area contributed by atoms with Gasteiger partial charge in [0, 0.05) is 29.9 Å². The number of ether oxygens (including phenoxy) is 1. The normalized spacial score (nSPS) is 17.0. The number of hydrogen-bond acceptors (Lipinski definition) is 6. The lowest BCUT2D eigenvalue weighted by molar-refractivity contribution is -0.122. The fourth-order valence-corrected chi connectivity index (χ4v) is 4.18. The van der Waals surface area contributed by atoms with Crippen LogP contribution in [0.15, 0.2) is 36.5 Å². The molecule has 1 aromatic carbocycles. The molecule has 2 atom stereocenters. The second kappa shape index (κ2) is 10.7. The number of nitrogens with one attached hydrogen (secondary N) is 2. The molecule has 1 fully saturated rings. The highest BCUT2D eigenvalue weighted by Crippen LogP contribution is 2.41. The molecule has 0 bridgehead atoms. The minimum absolute atomic E-state index is 0.0287. The van der Waals surface area contributed by atoms with Crippen molar-refractivity contribution >= 4 is 29.1 Å². The first-order valence-electron chi connectivity index (χ1n) is 12.5. The number of amides is 3. The van der Waals surface area contributed by atoms with E-state index in [4.69, 9.17) is 4.74 Å². The van der Waals surface area contributed by atoms with Crippen LogP contribution >= 0.6 is 0 Å². The highest BCUT2D eigenvalue weighted by Gasteiger charge is 2.40. The standard InChI is InChI=1S/C27H35N5O4/c1-16(2)17(3)28-14-25(33)31-15-26(34)32(21-8-9-21)22-10-6-19(12-23(22)31)27(35)30-18(4)20-7-11-24(36-5)29-13-20/h6-7,10-13,16-18,21,28H,8-9,14-15H2,1-5H3,(H,30,35)/t17-,18?/m0/s1. The van der Waals surface area contributed by atoms with Gasteiger partial charge in [-0.1, -0.05) is 19.9 Å². The van der Waals surface area contributed by atoms with Crippen LogP contribution in [-0.4, -0.2) is 55.0 Å². The molecule has 2 aliphatic rings. The summed E-state index contributed by atoms with van der Waals surface area (Å²) >= 11 is 0. The van der Waals surface area contributed by atoms with Gasteiger partial charge in [0.25, 0.3) is 5.91 Å². The molecular weight excluding hydrogens is 458 g/mol. The molecule has 1 unspecified atom stereocenters. The van der Waals surface area contributed by atoms with Crippen LogP contribution in [0, 0.1) is 5.92 Å². The predicted octanol–water partition coefficient (Wildman–Crippen LogP) is 3.06. The van der Waals surface area contributed by atoms with Crippen molar-refractivity contribution in [2.75, 3.05) is 30.0 Å². The summed E-state index contributed by atoms with van der Waals surface area (Å²) in [6, 6.07) is 8.85. The lowest BCUT2D eigenvalue weighted by Gasteiger charge is -2.37. The Balaban J connectivity index is 1.56. The molecule has 2 N–H and O–H groups in total. The zero-order valence-corrected chi connectivity index (χ0v) is 21.6. The number of benzene rings is 1. The van der Waals surface area contributed by atoms with E-state index >= 15 is 0 Å². The summed E-state index contributed by atoms with van der Waals surface area (Å²) in [5.74, 6) is 0.325. The second-order valence-corrected chi connectivity index (χ2v) is 9.92. The van der Waals surface area contributed by atoms with Gasteiger partial charge in [-0.05, 0) is 56.4 Å². The Morgan fingerprint density at radius 1 is 1.11 bits per heavy atom. The van der Waals surface area contributed by atoms with E-state index in [-0.39, 0.29) is 48.9 Å². The van der Waals surface area contributed by atoms with Crippen molar-refractivity contribution in [3.05, 3.63) is 47.7 Å². The smallest absolute Gasteiger partial charge is 0.251 e. The van der Waals surface area contributed by atoms with E-state index in [0.29, 0.717) is 28.7 Å². The molecule has 2 aromatic rings. The number of nitrogens with zero attached hydrogens (tertiary/aromatic N) is 3. The number of carbonyl (C=O) groups is 3. The minimum atomic E-state index is -0.282. The van der Waals surface area contributed by atoms with Crippen LogP contribution < -0.4 is 25.2 Å². The lowest BCUT2D eigenvalue weighted by Crippen LogP contribution is -2.51. The number of aromatic nitrogens is 1. The summed E-state index contributed by atoms with van der Waals surface area (Å²) < 4.78 is 5.10. The molecule has 1 aromatic heterocycles. The molecule has 4 rings (SSSR count). The van der Waals surface area contributed by atoms with Crippen LogP contribution in [0.3, 0.4) is 0 Å². The van der Waals surface area contributed by atoms with Gasteiger partial charge in [0.05, 0.1) is 31.1 Å². The quantitative estimate of drug-likeness (QED) is 0.557. The Kier molecular flexibility index (Phi) is 7.59.